The lowest BCUT2D eigenvalue weighted by molar-refractivity contribution is 0.0584. The van der Waals surface area contributed by atoms with E-state index in [1.165, 1.54) is 11.3 Å². The molecule has 0 radical (unpaired) electrons. The number of halogens is 2. The van der Waals surface area contributed by atoms with E-state index >= 15 is 0 Å². The summed E-state index contributed by atoms with van der Waals surface area (Å²) in [4.78, 5) is 14.8. The second kappa shape index (κ2) is 6.87. The van der Waals surface area contributed by atoms with E-state index in [4.69, 9.17) is 4.74 Å². The summed E-state index contributed by atoms with van der Waals surface area (Å²) < 4.78 is 6.95. The van der Waals surface area contributed by atoms with Gasteiger partial charge in [0.15, 0.2) is 0 Å². The highest BCUT2D eigenvalue weighted by molar-refractivity contribution is 9.13. The molecule has 0 spiro atoms. The van der Waals surface area contributed by atoms with Crippen LogP contribution in [0.3, 0.4) is 0 Å². The van der Waals surface area contributed by atoms with Crippen molar-refractivity contribution in [3.05, 3.63) is 19.2 Å². The third kappa shape index (κ3) is 3.77. The molecule has 1 atom stereocenters. The number of rotatable bonds is 5. The van der Waals surface area contributed by atoms with Crippen molar-refractivity contribution < 1.29 is 9.53 Å². The smallest absolute Gasteiger partial charge is 0.264 e. The van der Waals surface area contributed by atoms with Crippen LogP contribution in [0.2, 0.25) is 0 Å². The standard InChI is InChI=1S/C11H15Br2NO2S/c1-4-14(7(2)6-16-3)11(15)9-5-8(12)10(13)17-9/h5,7H,4,6H2,1-3H3. The van der Waals surface area contributed by atoms with Gasteiger partial charge in [0.25, 0.3) is 5.91 Å². The number of amides is 1. The van der Waals surface area contributed by atoms with Gasteiger partial charge in [-0.05, 0) is 51.8 Å². The van der Waals surface area contributed by atoms with Gasteiger partial charge in [-0.1, -0.05) is 0 Å². The lowest BCUT2D eigenvalue weighted by Gasteiger charge is -2.26. The molecular formula is C11H15Br2NO2S. The summed E-state index contributed by atoms with van der Waals surface area (Å²) in [6, 6.07) is 1.93. The van der Waals surface area contributed by atoms with Crippen LogP contribution in [0.5, 0.6) is 0 Å². The molecule has 1 aromatic heterocycles. The van der Waals surface area contributed by atoms with Crippen LogP contribution in [0.4, 0.5) is 0 Å². The maximum absolute atomic E-state index is 12.3. The summed E-state index contributed by atoms with van der Waals surface area (Å²) in [5, 5.41) is 0. The molecule has 0 saturated heterocycles. The number of nitrogens with zero attached hydrogens (tertiary/aromatic N) is 1. The van der Waals surface area contributed by atoms with Gasteiger partial charge in [-0.15, -0.1) is 11.3 Å². The maximum Gasteiger partial charge on any atom is 0.264 e. The molecular weight excluding hydrogens is 370 g/mol. The Balaban J connectivity index is 2.85. The minimum absolute atomic E-state index is 0.0495. The second-order valence-corrected chi connectivity index (χ2v) is 6.85. The van der Waals surface area contributed by atoms with Crippen LogP contribution in [0, 0.1) is 0 Å². The molecule has 6 heteroatoms. The number of carbonyl (C=O) groups is 1. The average Bonchev–Trinajstić information content (AvgIpc) is 2.60. The van der Waals surface area contributed by atoms with Crippen molar-refractivity contribution in [2.24, 2.45) is 0 Å². The monoisotopic (exact) mass is 383 g/mol. The van der Waals surface area contributed by atoms with E-state index < -0.39 is 0 Å². The zero-order valence-electron chi connectivity index (χ0n) is 10.00. The van der Waals surface area contributed by atoms with Crippen molar-refractivity contribution in [2.45, 2.75) is 19.9 Å². The van der Waals surface area contributed by atoms with E-state index in [0.29, 0.717) is 13.2 Å². The predicted octanol–water partition coefficient (Wildman–Crippen LogP) is 3.77. The molecule has 1 aromatic rings. The summed E-state index contributed by atoms with van der Waals surface area (Å²) >= 11 is 8.23. The molecule has 1 amide bonds. The topological polar surface area (TPSA) is 29.5 Å². The van der Waals surface area contributed by atoms with Crippen LogP contribution in [-0.2, 0) is 4.74 Å². The maximum atomic E-state index is 12.3. The summed E-state index contributed by atoms with van der Waals surface area (Å²) in [6.07, 6.45) is 0. The first-order valence-electron chi connectivity index (χ1n) is 5.26. The zero-order chi connectivity index (χ0) is 13.0. The molecule has 0 bridgehead atoms. The van der Waals surface area contributed by atoms with Crippen LogP contribution < -0.4 is 0 Å². The summed E-state index contributed by atoms with van der Waals surface area (Å²) in [6.45, 7) is 5.19. The highest BCUT2D eigenvalue weighted by Gasteiger charge is 2.22. The largest absolute Gasteiger partial charge is 0.383 e. The first-order chi connectivity index (χ1) is 8.01. The van der Waals surface area contributed by atoms with Gasteiger partial charge in [0.2, 0.25) is 0 Å². The highest BCUT2D eigenvalue weighted by atomic mass is 79.9. The van der Waals surface area contributed by atoms with Gasteiger partial charge in [0.1, 0.15) is 0 Å². The van der Waals surface area contributed by atoms with Gasteiger partial charge in [0.05, 0.1) is 21.3 Å². The number of hydrogen-bond acceptors (Lipinski definition) is 3. The normalized spacial score (nSPS) is 12.5. The van der Waals surface area contributed by atoms with E-state index in [2.05, 4.69) is 31.9 Å². The molecule has 3 nitrogen and oxygen atoms in total. The van der Waals surface area contributed by atoms with Crippen molar-refractivity contribution in [1.82, 2.24) is 4.90 Å². The number of hydrogen-bond donors (Lipinski definition) is 0. The van der Waals surface area contributed by atoms with Crippen molar-refractivity contribution in [1.29, 1.82) is 0 Å². The third-order valence-electron chi connectivity index (χ3n) is 2.40. The van der Waals surface area contributed by atoms with Crippen LogP contribution >= 0.6 is 43.2 Å². The van der Waals surface area contributed by atoms with E-state index in [1.807, 2.05) is 24.8 Å². The van der Waals surface area contributed by atoms with Gasteiger partial charge in [-0.3, -0.25) is 4.79 Å². The molecule has 17 heavy (non-hydrogen) atoms. The fourth-order valence-corrected chi connectivity index (χ4v) is 3.57. The van der Waals surface area contributed by atoms with Gasteiger partial charge in [-0.25, -0.2) is 0 Å². The number of likely N-dealkylation sites (N-methyl/N-ethyl adjacent to an activating group) is 1. The Kier molecular flexibility index (Phi) is 6.12. The lowest BCUT2D eigenvalue weighted by atomic mass is 10.2. The second-order valence-electron chi connectivity index (χ2n) is 3.63. The number of methoxy groups -OCH3 is 1. The molecule has 0 saturated carbocycles. The summed E-state index contributed by atoms with van der Waals surface area (Å²) in [7, 11) is 1.65. The van der Waals surface area contributed by atoms with E-state index in [-0.39, 0.29) is 11.9 Å². The van der Waals surface area contributed by atoms with Crippen LogP contribution in [0.25, 0.3) is 0 Å². The fraction of sp³-hybridized carbons (Fsp3) is 0.545. The Labute approximate surface area is 122 Å². The molecule has 1 unspecified atom stereocenters. The predicted molar refractivity (Wildman–Crippen MR) is 77.8 cm³/mol. The molecule has 0 fully saturated rings. The molecule has 1 heterocycles. The summed E-state index contributed by atoms with van der Waals surface area (Å²) in [5.41, 5.74) is 0. The first-order valence-corrected chi connectivity index (χ1v) is 7.66. The molecule has 1 rings (SSSR count). The van der Waals surface area contributed by atoms with Crippen LogP contribution in [0.1, 0.15) is 23.5 Å². The Morgan fingerprint density at radius 3 is 2.65 bits per heavy atom. The molecule has 0 aliphatic heterocycles. The van der Waals surface area contributed by atoms with E-state index in [1.54, 1.807) is 7.11 Å². The van der Waals surface area contributed by atoms with Crippen LogP contribution in [0.15, 0.2) is 14.3 Å². The van der Waals surface area contributed by atoms with Gasteiger partial charge in [-0.2, -0.15) is 0 Å². The molecule has 96 valence electrons. The van der Waals surface area contributed by atoms with Crippen molar-refractivity contribution in [2.75, 3.05) is 20.3 Å². The Morgan fingerprint density at radius 1 is 1.59 bits per heavy atom. The quantitative estimate of drug-likeness (QED) is 0.773. The first kappa shape index (κ1) is 15.1. The Hall–Kier alpha value is 0.0900. The SMILES string of the molecule is CCN(C(=O)c1cc(Br)c(Br)s1)C(C)COC. The third-order valence-corrected chi connectivity index (χ3v) is 5.64. The number of carbonyl (C=O) groups excluding carboxylic acids is 1. The lowest BCUT2D eigenvalue weighted by Crippen LogP contribution is -2.40. The Bertz CT molecular complexity index is 375. The highest BCUT2D eigenvalue weighted by Crippen LogP contribution is 2.33. The molecule has 0 aromatic carbocycles. The average molecular weight is 385 g/mol. The molecule has 0 aliphatic carbocycles. The van der Waals surface area contributed by atoms with Gasteiger partial charge in [0, 0.05) is 18.1 Å². The van der Waals surface area contributed by atoms with Gasteiger partial charge < -0.3 is 9.64 Å². The summed E-state index contributed by atoms with van der Waals surface area (Å²) in [5.74, 6) is 0.0495. The van der Waals surface area contributed by atoms with Gasteiger partial charge >= 0.3 is 0 Å². The fourth-order valence-electron chi connectivity index (χ4n) is 1.58. The minimum atomic E-state index is 0.0495. The number of ether oxygens (including phenoxy) is 1. The molecule has 0 N–H and O–H groups in total. The van der Waals surface area contributed by atoms with Crippen molar-refractivity contribution >= 4 is 49.1 Å². The van der Waals surface area contributed by atoms with Crippen molar-refractivity contribution in [3.8, 4) is 0 Å². The Morgan fingerprint density at radius 2 is 2.24 bits per heavy atom. The molecule has 0 aliphatic rings. The minimum Gasteiger partial charge on any atom is -0.383 e. The van der Waals surface area contributed by atoms with Crippen LogP contribution in [-0.4, -0.2) is 37.1 Å². The zero-order valence-corrected chi connectivity index (χ0v) is 14.0. The van der Waals surface area contributed by atoms with E-state index in [9.17, 15) is 4.79 Å². The van der Waals surface area contributed by atoms with Crippen molar-refractivity contribution in [3.63, 3.8) is 0 Å². The number of thiophene rings is 1. The van der Waals surface area contributed by atoms with E-state index in [0.717, 1.165) is 13.1 Å².